The zero-order valence-corrected chi connectivity index (χ0v) is 78.1. The number of hydrogen-bond donors (Lipinski definition) is 1. The fraction of sp³-hybridized carbons (Fsp3) is 0.577. The normalized spacial score (nSPS) is 18.9. The molecule has 0 amide bonds. The molecular weight excluding hydrogens is 1610 g/mol. The average molecular weight is 1770 g/mol. The third-order valence-corrected chi connectivity index (χ3v) is 38.7. The third-order valence-electron chi connectivity index (χ3n) is 25.8. The van der Waals surface area contributed by atoms with E-state index in [-0.39, 0.29) is 106 Å². The van der Waals surface area contributed by atoms with Crippen molar-refractivity contribution in [3.05, 3.63) is 238 Å². The molecule has 11 atom stereocenters. The fourth-order valence-corrected chi connectivity index (χ4v) is 27.8. The van der Waals surface area contributed by atoms with Crippen molar-refractivity contribution >= 4 is 44.7 Å². The first-order chi connectivity index (χ1) is 57.7. The van der Waals surface area contributed by atoms with Gasteiger partial charge in [0.1, 0.15) is 33.0 Å². The Morgan fingerprint density at radius 2 is 0.805 bits per heavy atom. The van der Waals surface area contributed by atoms with Crippen LogP contribution in [0.15, 0.2) is 188 Å². The van der Waals surface area contributed by atoms with E-state index in [9.17, 15) is 19.3 Å². The Balaban J connectivity index is 0.000000370. The minimum atomic E-state index is -3.96. The van der Waals surface area contributed by atoms with Crippen molar-refractivity contribution < 1.29 is 65.2 Å². The minimum absolute atomic E-state index is 0. The van der Waals surface area contributed by atoms with E-state index in [2.05, 4.69) is 137 Å². The van der Waals surface area contributed by atoms with Gasteiger partial charge >= 0.3 is 19.8 Å². The van der Waals surface area contributed by atoms with Gasteiger partial charge in [0, 0.05) is 24.3 Å². The highest BCUT2D eigenvalue weighted by Crippen LogP contribution is 2.56. The lowest BCUT2D eigenvalue weighted by Crippen LogP contribution is -2.42. The maximum Gasteiger partial charge on any atom is 0.475 e. The van der Waals surface area contributed by atoms with Crippen molar-refractivity contribution in [2.45, 2.75) is 334 Å². The first-order valence-electron chi connectivity index (χ1n) is 45.4. The number of hydrogen-bond acceptors (Lipinski definition) is 15. The van der Waals surface area contributed by atoms with Crippen molar-refractivity contribution in [3.8, 4) is 11.5 Å². The van der Waals surface area contributed by atoms with E-state index in [0.29, 0.717) is 54.2 Å². The zero-order valence-electron chi connectivity index (χ0n) is 74.3. The number of rotatable bonds is 48. The summed E-state index contributed by atoms with van der Waals surface area (Å²) in [7, 11) is -8.17. The second-order valence-electron chi connectivity index (χ2n) is 34.2. The summed E-state index contributed by atoms with van der Waals surface area (Å²) in [5.41, 5.74) is 10.1. The molecule has 4 aliphatic carbocycles. The summed E-state index contributed by atoms with van der Waals surface area (Å²) in [6.07, 6.45) is 17.7. The van der Waals surface area contributed by atoms with Crippen LogP contribution in [0.2, 0.25) is 36.3 Å². The van der Waals surface area contributed by atoms with Gasteiger partial charge in [0.2, 0.25) is 0 Å². The molecule has 0 radical (unpaired) electrons. The number of carbonyl (C=O) groups excluding carboxylic acids is 2. The Kier molecular flexibility index (Phi) is 49.1. The number of ether oxygens (including phenoxy) is 4. The second kappa shape index (κ2) is 56.2. The van der Waals surface area contributed by atoms with Gasteiger partial charge in [-0.25, -0.2) is 14.2 Å². The highest BCUT2D eigenvalue weighted by molar-refractivity contribution is 7.49. The molecule has 0 saturated heterocycles. The van der Waals surface area contributed by atoms with Crippen molar-refractivity contribution in [1.29, 1.82) is 0 Å². The number of phosphoric acid groups is 1. The monoisotopic (exact) mass is 1770 g/mol. The maximum atomic E-state index is 14.6. The molecule has 123 heavy (non-hydrogen) atoms. The van der Waals surface area contributed by atoms with Crippen LogP contribution in [0, 0.1) is 35.5 Å². The van der Waals surface area contributed by atoms with Crippen LogP contribution in [0.25, 0.3) is 0 Å². The summed E-state index contributed by atoms with van der Waals surface area (Å²) >= 11 is 0. The molecule has 7 aromatic carbocycles. The Morgan fingerprint density at radius 1 is 0.447 bits per heavy atom. The number of aliphatic hydroxyl groups excluding tert-OH is 1. The van der Waals surface area contributed by atoms with Crippen LogP contribution >= 0.6 is 16.1 Å². The Morgan fingerprint density at radius 3 is 1.17 bits per heavy atom. The molecule has 0 spiro atoms. The number of esters is 2. The van der Waals surface area contributed by atoms with Gasteiger partial charge in [-0.05, 0) is 245 Å². The largest absolute Gasteiger partial charge is 0.482 e. The molecule has 15 nitrogen and oxygen atoms in total. The molecule has 4 aliphatic rings. The topological polar surface area (TPSA) is 167 Å². The van der Waals surface area contributed by atoms with E-state index in [4.69, 9.17) is 45.9 Å². The lowest BCUT2D eigenvalue weighted by atomic mass is 9.73. The Labute approximate surface area is 749 Å². The SMILES string of the molecule is C.C.C.C.CC(C)N(C(C)C)P(C)OCc1ccccc1.CCCCC[C@@H](CC[C@@H]1[C@H]2Cc3cccc(OCC(=O)OCc4ccccc4)c3C[C@H]2C[C@H]1O[Si](CC)(CC)CC)OP(=O)(OCc1ccccc1)OCc1ccccc1.CCCCC[C@H](O)CC[C@@H]1[C@H]2Cc3cccc(OCC(=O)OCc4ccccc4)c3C[C@H]2C[C@H]1O[Si](CC)(CC)CC. The predicted molar refractivity (Wildman–Crippen MR) is 516 cm³/mol. The molecule has 0 bridgehead atoms. The zero-order chi connectivity index (χ0) is 85.0. The molecule has 0 aromatic heterocycles. The average Bonchev–Trinajstić information content (AvgIpc) is 1.33. The molecule has 2 saturated carbocycles. The van der Waals surface area contributed by atoms with Crippen LogP contribution in [0.5, 0.6) is 11.5 Å². The van der Waals surface area contributed by atoms with Crippen molar-refractivity contribution in [2.24, 2.45) is 35.5 Å². The molecule has 2 fully saturated rings. The van der Waals surface area contributed by atoms with Crippen molar-refractivity contribution in [2.75, 3.05) is 19.9 Å². The molecule has 684 valence electrons. The van der Waals surface area contributed by atoms with Crippen molar-refractivity contribution in [3.63, 3.8) is 0 Å². The highest BCUT2D eigenvalue weighted by Gasteiger charge is 2.51. The fourth-order valence-electron chi connectivity index (χ4n) is 18.8. The van der Waals surface area contributed by atoms with Crippen LogP contribution in [-0.4, -0.2) is 94.7 Å². The predicted octanol–water partition coefficient (Wildman–Crippen LogP) is 27.9. The lowest BCUT2D eigenvalue weighted by molar-refractivity contribution is -0.148. The van der Waals surface area contributed by atoms with Crippen LogP contribution in [-0.2, 0) is 109 Å². The molecule has 1 N–H and O–H groups in total. The summed E-state index contributed by atoms with van der Waals surface area (Å²) in [6.45, 7) is 30.6. The summed E-state index contributed by atoms with van der Waals surface area (Å²) in [5.74, 6) is 3.62. The molecule has 7 aromatic rings. The molecule has 1 unspecified atom stereocenters. The molecule has 0 aliphatic heterocycles. The number of phosphoric ester groups is 1. The van der Waals surface area contributed by atoms with Gasteiger partial charge in [-0.3, -0.25) is 18.2 Å². The van der Waals surface area contributed by atoms with Gasteiger partial charge in [0.25, 0.3) is 0 Å². The second-order valence-corrected chi connectivity index (χ2v) is 46.9. The number of fused-ring (bicyclic) bond motifs is 4. The van der Waals surface area contributed by atoms with Crippen LogP contribution in [0.1, 0.15) is 253 Å². The van der Waals surface area contributed by atoms with Crippen LogP contribution in [0.4, 0.5) is 0 Å². The first-order valence-corrected chi connectivity index (χ1v) is 53.6. The van der Waals surface area contributed by atoms with Gasteiger partial charge in [0.05, 0.1) is 32.0 Å². The molecule has 19 heteroatoms. The van der Waals surface area contributed by atoms with E-state index < -0.39 is 32.8 Å². The Bertz CT molecular complexity index is 4000. The quantitative estimate of drug-likeness (QED) is 0.0165. The van der Waals surface area contributed by atoms with E-state index in [1.54, 1.807) is 0 Å². The first kappa shape index (κ1) is 107. The maximum absolute atomic E-state index is 14.6. The number of carbonyl (C=O) groups is 2. The third kappa shape index (κ3) is 33.5. The van der Waals surface area contributed by atoms with Gasteiger partial charge in [-0.2, -0.15) is 0 Å². The minimum Gasteiger partial charge on any atom is -0.482 e. The summed E-state index contributed by atoms with van der Waals surface area (Å²) in [4.78, 5) is 25.2. The van der Waals surface area contributed by atoms with Crippen molar-refractivity contribution in [1.82, 2.24) is 4.67 Å². The van der Waals surface area contributed by atoms with Crippen LogP contribution in [0.3, 0.4) is 0 Å². The summed E-state index contributed by atoms with van der Waals surface area (Å²) in [6, 6.07) is 69.7. The lowest BCUT2D eigenvalue weighted by Gasteiger charge is -2.36. The van der Waals surface area contributed by atoms with Gasteiger partial charge < -0.3 is 37.4 Å². The number of unbranched alkanes of at least 4 members (excludes halogenated alkanes) is 4. The molecule has 11 rings (SSSR count). The highest BCUT2D eigenvalue weighted by atomic mass is 31.2. The van der Waals surface area contributed by atoms with Crippen LogP contribution < -0.4 is 9.47 Å². The number of aliphatic hydroxyl groups is 1. The number of nitrogens with zero attached hydrogens (tertiary/aromatic N) is 1. The van der Waals surface area contributed by atoms with E-state index in [0.717, 1.165) is 173 Å². The smallest absolute Gasteiger partial charge is 0.475 e. The van der Waals surface area contributed by atoms with Gasteiger partial charge in [0.15, 0.2) is 29.8 Å². The van der Waals surface area contributed by atoms with E-state index in [1.165, 1.54) is 40.7 Å². The van der Waals surface area contributed by atoms with E-state index >= 15 is 0 Å². The Hall–Kier alpha value is -6.15. The number of benzene rings is 7. The van der Waals surface area contributed by atoms with Gasteiger partial charge in [-0.15, -0.1) is 0 Å². The summed E-state index contributed by atoms with van der Waals surface area (Å²) < 4.78 is 79.9. The molecular formula is C104H161NO14P2Si2. The van der Waals surface area contributed by atoms with E-state index in [1.807, 2.05) is 146 Å². The van der Waals surface area contributed by atoms with Gasteiger partial charge in [-0.1, -0.05) is 300 Å². The molecule has 0 heterocycles. The summed E-state index contributed by atoms with van der Waals surface area (Å²) in [5, 5.41) is 10.8. The standard InChI is InChI=1S/C50H67O8PSi.C36H54O5Si.C14H24NOP.4CH4/c1-5-9-13-28-44(57-59(52,55-36-40-23-16-11-17-24-40)56-37-41-25-18-12-19-26-41)30-31-45-46-32-42-27-20-29-48(53-38-50(51)54-35-39-21-14-10-15-22-39)47(42)33-43(46)34-49(45)58-60(6-2,7-3)8-4;1-5-9-11-18-30(37)20-21-31-32-22-28-17-14-19-34(39-26-36(38)40-25-27-15-12-10-13-16-27)33(28)23-29(32)24-35(31)41-42(6-2,7-3)8-4;1-12(2)15(13(3)4)17(5)16-11-14-9-7-6-8-10-14;;;;/h10-12,14-27,29,43-46,49H,5-9,13,28,30-38H2,1-4H3;10,12-17,19,29-32,35,37H,5-9,11,18,20-26H2,1-4H3;6-10,12-13H,11H2,1-5H3;4*1H4/t43-,44-,45+,46-,49+;29-,30-,31+,32-,35+;;;;;/m00...../s1.